The van der Waals surface area contributed by atoms with Crippen molar-refractivity contribution in [2.24, 2.45) is 0 Å². The zero-order chi connectivity index (χ0) is 18.8. The van der Waals surface area contributed by atoms with Gasteiger partial charge >= 0.3 is 0 Å². The van der Waals surface area contributed by atoms with Crippen LogP contribution in [0.3, 0.4) is 0 Å². The zero-order valence-corrected chi connectivity index (χ0v) is 14.4. The maximum Gasteiger partial charge on any atom is 0.254 e. The van der Waals surface area contributed by atoms with Crippen LogP contribution in [0.1, 0.15) is 16.8 Å². The van der Waals surface area contributed by atoms with Gasteiger partial charge in [-0.05, 0) is 23.6 Å². The Labute approximate surface area is 155 Å². The Kier molecular flexibility index (Phi) is 4.30. The molecule has 134 valence electrons. The average molecular weight is 359 g/mol. The number of benzene rings is 3. The van der Waals surface area contributed by atoms with E-state index in [4.69, 9.17) is 0 Å². The van der Waals surface area contributed by atoms with E-state index in [0.29, 0.717) is 16.9 Å². The maximum atomic E-state index is 12.5. The van der Waals surface area contributed by atoms with Gasteiger partial charge in [-0.2, -0.15) is 0 Å². The summed E-state index contributed by atoms with van der Waals surface area (Å²) in [5, 5.41) is 10.1. The molecule has 0 bridgehead atoms. The number of rotatable bonds is 3. The lowest BCUT2D eigenvalue weighted by atomic mass is 10.1. The van der Waals surface area contributed by atoms with Crippen LogP contribution in [0, 0.1) is 0 Å². The first-order valence-corrected chi connectivity index (χ1v) is 8.60. The summed E-state index contributed by atoms with van der Waals surface area (Å²) in [6, 6.07) is 19.1. The van der Waals surface area contributed by atoms with Crippen molar-refractivity contribution in [2.45, 2.75) is 12.5 Å². The topological polar surface area (TPSA) is 87.3 Å². The number of nitrogens with one attached hydrogen (secondary N) is 3. The average Bonchev–Trinajstić information content (AvgIpc) is 2.79. The molecule has 6 nitrogen and oxygen atoms in total. The second-order valence-electron chi connectivity index (χ2n) is 6.34. The lowest BCUT2D eigenvalue weighted by Gasteiger charge is -2.15. The number of anilines is 2. The first kappa shape index (κ1) is 16.8. The molecule has 0 saturated heterocycles. The van der Waals surface area contributed by atoms with Crippen LogP contribution in [0.5, 0.6) is 0 Å². The molecule has 1 aliphatic heterocycles. The van der Waals surface area contributed by atoms with Gasteiger partial charge in [0.05, 0.1) is 17.7 Å². The largest absolute Gasteiger partial charge is 0.340 e. The van der Waals surface area contributed by atoms with E-state index in [0.717, 1.165) is 10.8 Å². The van der Waals surface area contributed by atoms with Gasteiger partial charge < -0.3 is 16.0 Å². The predicted molar refractivity (Wildman–Crippen MR) is 104 cm³/mol. The number of para-hydroxylation sites is 1. The highest BCUT2D eigenvalue weighted by atomic mass is 16.2. The molecule has 0 radical (unpaired) electrons. The van der Waals surface area contributed by atoms with Crippen molar-refractivity contribution in [3.05, 3.63) is 72.3 Å². The molecule has 1 atom stereocenters. The molecule has 3 amide bonds. The summed E-state index contributed by atoms with van der Waals surface area (Å²) in [5.74, 6) is -1.15. The van der Waals surface area contributed by atoms with E-state index in [9.17, 15) is 14.4 Å². The van der Waals surface area contributed by atoms with Gasteiger partial charge in [-0.3, -0.25) is 14.4 Å². The molecule has 4 rings (SSSR count). The third kappa shape index (κ3) is 3.37. The molecule has 1 aliphatic rings. The molecule has 1 unspecified atom stereocenters. The molecule has 6 heteroatoms. The van der Waals surface area contributed by atoms with E-state index in [1.54, 1.807) is 24.3 Å². The normalized spacial score (nSPS) is 16.1. The lowest BCUT2D eigenvalue weighted by Crippen LogP contribution is -2.43. The number of amides is 3. The number of fused-ring (bicyclic) bond motifs is 2. The Morgan fingerprint density at radius 1 is 0.926 bits per heavy atom. The quantitative estimate of drug-likeness (QED) is 0.672. The van der Waals surface area contributed by atoms with Crippen molar-refractivity contribution in [1.29, 1.82) is 0 Å². The molecule has 0 aromatic heterocycles. The Bertz CT molecular complexity index is 1060. The highest BCUT2D eigenvalue weighted by molar-refractivity contribution is 6.11. The number of hydrogen-bond donors (Lipinski definition) is 3. The Balaban J connectivity index is 1.51. The Morgan fingerprint density at radius 2 is 1.67 bits per heavy atom. The molecule has 0 fully saturated rings. The van der Waals surface area contributed by atoms with Crippen molar-refractivity contribution in [2.75, 3.05) is 10.6 Å². The van der Waals surface area contributed by atoms with Gasteiger partial charge in [0.25, 0.3) is 5.91 Å². The third-order valence-corrected chi connectivity index (χ3v) is 4.50. The van der Waals surface area contributed by atoms with Crippen LogP contribution in [0.15, 0.2) is 66.7 Å². The van der Waals surface area contributed by atoms with Gasteiger partial charge in [-0.25, -0.2) is 0 Å². The fraction of sp³-hybridized carbons (Fsp3) is 0.0952. The summed E-state index contributed by atoms with van der Waals surface area (Å²) in [6.07, 6.45) is -0.158. The van der Waals surface area contributed by atoms with Crippen molar-refractivity contribution < 1.29 is 14.4 Å². The summed E-state index contributed by atoms with van der Waals surface area (Å²) < 4.78 is 0. The summed E-state index contributed by atoms with van der Waals surface area (Å²) >= 11 is 0. The SMILES string of the molecule is O=C(CC1NC(=O)c2ccccc2NC1=O)Nc1cccc2ccccc12. The molecule has 27 heavy (non-hydrogen) atoms. The first-order chi connectivity index (χ1) is 13.1. The monoisotopic (exact) mass is 359 g/mol. The number of carbonyl (C=O) groups is 3. The minimum atomic E-state index is -0.945. The van der Waals surface area contributed by atoms with Crippen LogP contribution < -0.4 is 16.0 Å². The molecule has 3 N–H and O–H groups in total. The van der Waals surface area contributed by atoms with Gasteiger partial charge in [0.2, 0.25) is 11.8 Å². The van der Waals surface area contributed by atoms with Crippen molar-refractivity contribution >= 4 is 39.9 Å². The van der Waals surface area contributed by atoms with E-state index in [-0.39, 0.29) is 18.2 Å². The van der Waals surface area contributed by atoms with Gasteiger partial charge in [0.1, 0.15) is 6.04 Å². The second-order valence-corrected chi connectivity index (χ2v) is 6.34. The predicted octanol–water partition coefficient (Wildman–Crippen LogP) is 2.92. The number of hydrogen-bond acceptors (Lipinski definition) is 3. The van der Waals surface area contributed by atoms with Crippen molar-refractivity contribution in [1.82, 2.24) is 5.32 Å². The minimum absolute atomic E-state index is 0.158. The Morgan fingerprint density at radius 3 is 2.56 bits per heavy atom. The van der Waals surface area contributed by atoms with E-state index in [2.05, 4.69) is 16.0 Å². The van der Waals surface area contributed by atoms with Crippen LogP contribution in [-0.4, -0.2) is 23.8 Å². The van der Waals surface area contributed by atoms with Crippen LogP contribution in [0.25, 0.3) is 10.8 Å². The zero-order valence-electron chi connectivity index (χ0n) is 14.4. The lowest BCUT2D eigenvalue weighted by molar-refractivity contribution is -0.122. The van der Waals surface area contributed by atoms with Crippen molar-refractivity contribution in [3.63, 3.8) is 0 Å². The third-order valence-electron chi connectivity index (χ3n) is 4.50. The van der Waals surface area contributed by atoms with Crippen LogP contribution in [0.2, 0.25) is 0 Å². The molecule has 0 saturated carbocycles. The molecule has 1 heterocycles. The smallest absolute Gasteiger partial charge is 0.254 e. The highest BCUT2D eigenvalue weighted by Crippen LogP contribution is 2.23. The Hall–Kier alpha value is -3.67. The van der Waals surface area contributed by atoms with E-state index in [1.807, 2.05) is 42.5 Å². The van der Waals surface area contributed by atoms with Crippen LogP contribution >= 0.6 is 0 Å². The highest BCUT2D eigenvalue weighted by Gasteiger charge is 2.29. The second kappa shape index (κ2) is 6.92. The van der Waals surface area contributed by atoms with Crippen LogP contribution in [-0.2, 0) is 9.59 Å². The standard InChI is InChI=1S/C21H17N3O3/c25-19(22-16-11-5-7-13-6-1-2-8-14(13)16)12-18-21(27)23-17-10-4-3-9-15(17)20(26)24-18/h1-11,18H,12H2,(H,22,25)(H,23,27)(H,24,26). The number of carbonyl (C=O) groups excluding carboxylic acids is 3. The summed E-state index contributed by atoms with van der Waals surface area (Å²) in [7, 11) is 0. The minimum Gasteiger partial charge on any atom is -0.340 e. The molecule has 0 aliphatic carbocycles. The molecule has 3 aromatic rings. The molecular formula is C21H17N3O3. The maximum absolute atomic E-state index is 12.5. The molecular weight excluding hydrogens is 342 g/mol. The van der Waals surface area contributed by atoms with Gasteiger partial charge in [-0.15, -0.1) is 0 Å². The molecule has 0 spiro atoms. The van der Waals surface area contributed by atoms with Crippen LogP contribution in [0.4, 0.5) is 11.4 Å². The van der Waals surface area contributed by atoms with E-state index in [1.165, 1.54) is 0 Å². The summed E-state index contributed by atoms with van der Waals surface area (Å²) in [5.41, 5.74) is 1.49. The van der Waals surface area contributed by atoms with E-state index >= 15 is 0 Å². The first-order valence-electron chi connectivity index (χ1n) is 8.60. The summed E-state index contributed by atoms with van der Waals surface area (Å²) in [4.78, 5) is 37.3. The van der Waals surface area contributed by atoms with E-state index < -0.39 is 11.9 Å². The van der Waals surface area contributed by atoms with Crippen molar-refractivity contribution in [3.8, 4) is 0 Å². The van der Waals surface area contributed by atoms with Gasteiger partial charge in [0.15, 0.2) is 0 Å². The van der Waals surface area contributed by atoms with Gasteiger partial charge in [-0.1, -0.05) is 48.5 Å². The van der Waals surface area contributed by atoms with Gasteiger partial charge in [0, 0.05) is 11.1 Å². The summed E-state index contributed by atoms with van der Waals surface area (Å²) in [6.45, 7) is 0. The molecule has 3 aromatic carbocycles. The fourth-order valence-electron chi connectivity index (χ4n) is 3.18. The fourth-order valence-corrected chi connectivity index (χ4v) is 3.18.